The number of amides is 1. The Morgan fingerprint density at radius 1 is 0.439 bits per heavy atom. The Morgan fingerprint density at radius 2 is 0.805 bits per heavy atom. The van der Waals surface area contributed by atoms with Crippen molar-refractivity contribution in [2.45, 2.75) is 383 Å². The van der Waals surface area contributed by atoms with Gasteiger partial charge in [-0.3, -0.25) is 4.79 Å². The fourth-order valence-electron chi connectivity index (χ4n) is 11.6. The van der Waals surface area contributed by atoms with Gasteiger partial charge in [-0.25, -0.2) is 0 Å². The second-order valence-electron chi connectivity index (χ2n) is 24.7. The molecule has 0 radical (unpaired) electrons. The van der Waals surface area contributed by atoms with Crippen molar-refractivity contribution < 1.29 is 64.6 Å². The highest BCUT2D eigenvalue weighted by Crippen LogP contribution is 2.30. The molecule has 14 heteroatoms. The molecule has 0 aromatic heterocycles. The zero-order chi connectivity index (χ0) is 59.5. The first-order valence-electron chi connectivity index (χ1n) is 34.6. The molecular formula is C68H129NO13. The van der Waals surface area contributed by atoms with Gasteiger partial charge in [0.05, 0.1) is 32.0 Å². The molecule has 82 heavy (non-hydrogen) atoms. The molecule has 2 aliphatic rings. The predicted molar refractivity (Wildman–Crippen MR) is 332 cm³/mol. The fraction of sp³-hybridized carbons (Fsp3) is 0.926. The normalized spacial score (nSPS) is 24.0. The summed E-state index contributed by atoms with van der Waals surface area (Å²) in [5.74, 6) is -0.203. The van der Waals surface area contributed by atoms with Crippen molar-refractivity contribution in [2.75, 3.05) is 19.8 Å². The van der Waals surface area contributed by atoms with E-state index in [-0.39, 0.29) is 12.5 Å². The van der Waals surface area contributed by atoms with Crippen LogP contribution in [0.4, 0.5) is 0 Å². The number of hydrogen-bond donors (Lipinski definition) is 9. The van der Waals surface area contributed by atoms with Crippen LogP contribution in [0, 0.1) is 0 Å². The summed E-state index contributed by atoms with van der Waals surface area (Å²) in [6.07, 6.45) is 49.7. The fourth-order valence-corrected chi connectivity index (χ4v) is 11.6. The van der Waals surface area contributed by atoms with Crippen LogP contribution in [-0.4, -0.2) is 140 Å². The van der Waals surface area contributed by atoms with Crippen molar-refractivity contribution in [1.29, 1.82) is 0 Å². The van der Waals surface area contributed by atoms with E-state index in [0.717, 1.165) is 57.8 Å². The number of aliphatic hydroxyl groups is 8. The minimum Gasteiger partial charge on any atom is -0.394 e. The lowest BCUT2D eigenvalue weighted by atomic mass is 9.97. The Balaban J connectivity index is 1.50. The monoisotopic (exact) mass is 1170 g/mol. The smallest absolute Gasteiger partial charge is 0.220 e. The van der Waals surface area contributed by atoms with Crippen molar-refractivity contribution in [3.05, 3.63) is 24.3 Å². The van der Waals surface area contributed by atoms with E-state index in [2.05, 4.69) is 43.5 Å². The molecule has 2 rings (SSSR count). The van der Waals surface area contributed by atoms with Gasteiger partial charge < -0.3 is 65.1 Å². The van der Waals surface area contributed by atoms with Crippen LogP contribution in [-0.2, 0) is 23.7 Å². The molecule has 0 aliphatic carbocycles. The minimum atomic E-state index is -1.78. The Bertz CT molecular complexity index is 1470. The Labute approximate surface area is 500 Å². The lowest BCUT2D eigenvalue weighted by molar-refractivity contribution is -0.359. The summed E-state index contributed by atoms with van der Waals surface area (Å²) < 4.78 is 22.8. The summed E-state index contributed by atoms with van der Waals surface area (Å²) in [5.41, 5.74) is 0. The predicted octanol–water partition coefficient (Wildman–Crippen LogP) is 13.6. The number of allylic oxidation sites excluding steroid dienone is 4. The molecule has 0 aromatic rings. The number of aliphatic hydroxyl groups excluding tert-OH is 8. The SMILES string of the molecule is CCCCCCC/C=C\C/C=C\CCCCCCCCCCCCCCCCCCCCCCCCCCCCCC(=O)NC(COC1OC(CO)C(OC2OC(CO)C(O)C(O)C2O)C(O)C1O)C(O)CCCCCCCCCCC. The van der Waals surface area contributed by atoms with Crippen LogP contribution in [0.15, 0.2) is 24.3 Å². The van der Waals surface area contributed by atoms with E-state index in [1.54, 1.807) is 0 Å². The zero-order valence-corrected chi connectivity index (χ0v) is 52.5. The maximum atomic E-state index is 13.3. The minimum absolute atomic E-state index is 0.203. The molecule has 1 amide bonds. The van der Waals surface area contributed by atoms with Gasteiger partial charge >= 0.3 is 0 Å². The highest BCUT2D eigenvalue weighted by atomic mass is 16.7. The highest BCUT2D eigenvalue weighted by molar-refractivity contribution is 5.76. The summed E-state index contributed by atoms with van der Waals surface area (Å²) in [7, 11) is 0. The van der Waals surface area contributed by atoms with Crippen molar-refractivity contribution in [3.8, 4) is 0 Å². The number of rotatable bonds is 57. The Hall–Kier alpha value is -1.53. The Morgan fingerprint density at radius 3 is 1.22 bits per heavy atom. The zero-order valence-electron chi connectivity index (χ0n) is 52.5. The topological polar surface area (TPSA) is 228 Å². The van der Waals surface area contributed by atoms with Crippen LogP contribution < -0.4 is 5.32 Å². The molecule has 2 fully saturated rings. The van der Waals surface area contributed by atoms with E-state index in [1.807, 2.05) is 0 Å². The van der Waals surface area contributed by atoms with Crippen molar-refractivity contribution >= 4 is 5.91 Å². The number of ether oxygens (including phenoxy) is 4. The highest BCUT2D eigenvalue weighted by Gasteiger charge is 2.51. The van der Waals surface area contributed by atoms with Crippen LogP contribution in [0.5, 0.6) is 0 Å². The van der Waals surface area contributed by atoms with Crippen molar-refractivity contribution in [2.24, 2.45) is 0 Å². The molecule has 0 aromatic carbocycles. The van der Waals surface area contributed by atoms with Gasteiger partial charge in [0.1, 0.15) is 48.8 Å². The van der Waals surface area contributed by atoms with Gasteiger partial charge in [0.25, 0.3) is 0 Å². The second kappa shape index (κ2) is 53.7. The first-order chi connectivity index (χ1) is 40.1. The van der Waals surface area contributed by atoms with Crippen molar-refractivity contribution in [3.63, 3.8) is 0 Å². The van der Waals surface area contributed by atoms with Gasteiger partial charge in [-0.05, 0) is 44.9 Å². The molecule has 14 nitrogen and oxygen atoms in total. The van der Waals surface area contributed by atoms with E-state index in [9.17, 15) is 45.6 Å². The maximum Gasteiger partial charge on any atom is 0.220 e. The van der Waals surface area contributed by atoms with Gasteiger partial charge in [0.2, 0.25) is 5.91 Å². The quantitative estimate of drug-likeness (QED) is 0.0204. The van der Waals surface area contributed by atoms with Crippen LogP contribution in [0.1, 0.15) is 309 Å². The average Bonchev–Trinajstić information content (AvgIpc) is 3.38. The van der Waals surface area contributed by atoms with Gasteiger partial charge in [-0.15, -0.1) is 0 Å². The van der Waals surface area contributed by atoms with Crippen LogP contribution in [0.25, 0.3) is 0 Å². The molecular weight excluding hydrogens is 1040 g/mol. The summed E-state index contributed by atoms with van der Waals surface area (Å²) in [6.45, 7) is 2.84. The number of unbranched alkanes of at least 4 members (excludes halogenated alkanes) is 40. The van der Waals surface area contributed by atoms with E-state index >= 15 is 0 Å². The first kappa shape index (κ1) is 76.6. The molecule has 0 spiro atoms. The molecule has 0 saturated carbocycles. The van der Waals surface area contributed by atoms with E-state index in [0.29, 0.717) is 12.8 Å². The second-order valence-corrected chi connectivity index (χ2v) is 24.7. The number of nitrogens with one attached hydrogen (secondary N) is 1. The molecule has 2 saturated heterocycles. The molecule has 9 N–H and O–H groups in total. The Kier molecular flexibility index (Phi) is 50.1. The lowest BCUT2D eigenvalue weighted by Gasteiger charge is -2.46. The van der Waals surface area contributed by atoms with Gasteiger partial charge in [0, 0.05) is 6.42 Å². The van der Waals surface area contributed by atoms with Gasteiger partial charge in [-0.1, -0.05) is 282 Å². The molecule has 484 valence electrons. The third-order valence-corrected chi connectivity index (χ3v) is 17.2. The summed E-state index contributed by atoms with van der Waals surface area (Å²) in [6, 6.07) is -0.823. The molecule has 12 atom stereocenters. The molecule has 2 aliphatic heterocycles. The average molecular weight is 1170 g/mol. The standard InChI is InChI=1S/C68H129NO13/c1-3-5-7-9-11-13-14-15-16-17-18-19-20-21-22-23-24-25-26-27-28-29-30-31-32-33-34-35-36-37-38-39-40-41-42-44-46-48-50-52-60(73)69-56(57(72)51-49-47-45-43-12-10-8-6-4-2)55-79-67-65(78)63(76)66(59(54-71)81-67)82-68-64(77)62(75)61(74)58(53-70)80-68/h14-15,17-18,56-59,61-68,70-72,74-78H,3-13,16,19-55H2,1-2H3,(H,69,73)/b15-14-,18-17-. The molecule has 2 heterocycles. The molecule has 12 unspecified atom stereocenters. The third-order valence-electron chi connectivity index (χ3n) is 17.2. The van der Waals surface area contributed by atoms with Crippen LogP contribution >= 0.6 is 0 Å². The van der Waals surface area contributed by atoms with E-state index in [1.165, 1.54) is 225 Å². The first-order valence-corrected chi connectivity index (χ1v) is 34.6. The number of carbonyl (C=O) groups is 1. The summed E-state index contributed by atoms with van der Waals surface area (Å²) >= 11 is 0. The van der Waals surface area contributed by atoms with E-state index < -0.39 is 86.8 Å². The summed E-state index contributed by atoms with van der Waals surface area (Å²) in [4.78, 5) is 13.3. The third kappa shape index (κ3) is 37.9. The number of carbonyl (C=O) groups excluding carboxylic acids is 1. The summed E-state index contributed by atoms with van der Waals surface area (Å²) in [5, 5.41) is 87.1. The van der Waals surface area contributed by atoms with Crippen molar-refractivity contribution in [1.82, 2.24) is 5.32 Å². The van der Waals surface area contributed by atoms with Gasteiger partial charge in [-0.2, -0.15) is 0 Å². The van der Waals surface area contributed by atoms with Crippen LogP contribution in [0.2, 0.25) is 0 Å². The van der Waals surface area contributed by atoms with Crippen LogP contribution in [0.3, 0.4) is 0 Å². The maximum absolute atomic E-state index is 13.3. The van der Waals surface area contributed by atoms with E-state index in [4.69, 9.17) is 18.9 Å². The molecule has 0 bridgehead atoms. The largest absolute Gasteiger partial charge is 0.394 e. The number of hydrogen-bond acceptors (Lipinski definition) is 13. The lowest BCUT2D eigenvalue weighted by Crippen LogP contribution is -2.65. The van der Waals surface area contributed by atoms with Gasteiger partial charge in [0.15, 0.2) is 12.6 Å².